The highest BCUT2D eigenvalue weighted by Crippen LogP contribution is 2.30. The van der Waals surface area contributed by atoms with Crippen molar-refractivity contribution in [2.75, 3.05) is 13.7 Å². The minimum Gasteiger partial charge on any atom is -0.495 e. The fraction of sp³-hybridized carbons (Fsp3) is 0.222. The van der Waals surface area contributed by atoms with E-state index in [2.05, 4.69) is 4.99 Å². The number of amides is 1. The van der Waals surface area contributed by atoms with Gasteiger partial charge in [-0.05, 0) is 36.8 Å². The highest BCUT2D eigenvalue weighted by atomic mass is 35.5. The van der Waals surface area contributed by atoms with Gasteiger partial charge in [-0.3, -0.25) is 4.79 Å². The second-order valence-corrected chi connectivity index (χ2v) is 7.40. The van der Waals surface area contributed by atoms with Crippen molar-refractivity contribution >= 4 is 50.7 Å². The summed E-state index contributed by atoms with van der Waals surface area (Å²) in [5.41, 5.74) is 2.00. The molecule has 2 aromatic carbocycles. The van der Waals surface area contributed by atoms with E-state index in [1.165, 1.54) is 11.3 Å². The Morgan fingerprint density at radius 2 is 1.96 bits per heavy atom. The molecule has 3 aromatic rings. The Kier molecular flexibility index (Phi) is 5.55. The van der Waals surface area contributed by atoms with Gasteiger partial charge < -0.3 is 14.0 Å². The van der Waals surface area contributed by atoms with Gasteiger partial charge in [-0.25, -0.2) is 0 Å². The van der Waals surface area contributed by atoms with Crippen molar-refractivity contribution in [1.82, 2.24) is 4.57 Å². The Labute approximate surface area is 164 Å². The van der Waals surface area contributed by atoms with Gasteiger partial charge in [0.1, 0.15) is 17.0 Å². The van der Waals surface area contributed by atoms with Crippen LogP contribution < -0.4 is 14.3 Å². The topological polar surface area (TPSA) is 52.8 Å². The molecule has 136 valence electrons. The van der Waals surface area contributed by atoms with Gasteiger partial charge in [0.2, 0.25) is 0 Å². The number of halogens is 2. The lowest BCUT2D eigenvalue weighted by Crippen LogP contribution is -2.17. The molecule has 8 heteroatoms. The predicted octanol–water partition coefficient (Wildman–Crippen LogP) is 4.37. The number of nitrogens with zero attached hydrogens (tertiary/aromatic N) is 2. The summed E-state index contributed by atoms with van der Waals surface area (Å²) in [5, 5.41) is 0.845. The molecule has 1 amide bonds. The molecule has 0 aliphatic rings. The van der Waals surface area contributed by atoms with Crippen molar-refractivity contribution < 1.29 is 14.3 Å². The van der Waals surface area contributed by atoms with Crippen LogP contribution in [0.15, 0.2) is 35.3 Å². The second kappa shape index (κ2) is 7.70. The van der Waals surface area contributed by atoms with E-state index in [1.807, 2.05) is 30.7 Å². The zero-order valence-corrected chi connectivity index (χ0v) is 16.7. The minimum absolute atomic E-state index is 0.217. The van der Waals surface area contributed by atoms with Gasteiger partial charge in [-0.15, -0.1) is 0 Å². The van der Waals surface area contributed by atoms with Crippen LogP contribution in [0.3, 0.4) is 0 Å². The largest absolute Gasteiger partial charge is 0.495 e. The molecule has 0 bridgehead atoms. The second-order valence-electron chi connectivity index (χ2n) is 5.58. The summed E-state index contributed by atoms with van der Waals surface area (Å²) in [6.45, 7) is 1.79. The molecular weight excluding hydrogens is 395 g/mol. The molecule has 26 heavy (non-hydrogen) atoms. The van der Waals surface area contributed by atoms with E-state index in [-0.39, 0.29) is 6.61 Å². The van der Waals surface area contributed by atoms with Crippen molar-refractivity contribution in [3.8, 4) is 11.5 Å². The first-order valence-corrected chi connectivity index (χ1v) is 9.26. The zero-order valence-electron chi connectivity index (χ0n) is 14.4. The fourth-order valence-corrected chi connectivity index (χ4v) is 4.07. The van der Waals surface area contributed by atoms with E-state index < -0.39 is 5.91 Å². The fourth-order valence-electron chi connectivity index (χ4n) is 2.49. The Bertz CT molecular complexity index is 1060. The van der Waals surface area contributed by atoms with Gasteiger partial charge in [-0.1, -0.05) is 40.6 Å². The first-order chi connectivity index (χ1) is 12.4. The number of ether oxygens (including phenoxy) is 2. The number of hydrogen-bond donors (Lipinski definition) is 0. The Morgan fingerprint density at radius 3 is 2.65 bits per heavy atom. The van der Waals surface area contributed by atoms with E-state index in [1.54, 1.807) is 25.3 Å². The first-order valence-electron chi connectivity index (χ1n) is 7.69. The van der Waals surface area contributed by atoms with Crippen LogP contribution in [0.5, 0.6) is 11.5 Å². The van der Waals surface area contributed by atoms with E-state index in [9.17, 15) is 4.79 Å². The molecule has 0 spiro atoms. The Hall–Kier alpha value is -2.02. The number of carbonyl (C=O) groups is 1. The third-order valence-corrected chi connectivity index (χ3v) is 5.59. The number of thiazole rings is 1. The molecule has 3 rings (SSSR count). The van der Waals surface area contributed by atoms with Gasteiger partial charge in [0.15, 0.2) is 11.4 Å². The minimum atomic E-state index is -0.408. The molecule has 0 radical (unpaired) electrons. The van der Waals surface area contributed by atoms with Crippen LogP contribution in [-0.2, 0) is 11.8 Å². The summed E-state index contributed by atoms with van der Waals surface area (Å²) in [5.74, 6) is 0.718. The molecule has 1 heterocycles. The molecule has 0 saturated carbocycles. The van der Waals surface area contributed by atoms with Crippen LogP contribution in [0, 0.1) is 6.92 Å². The highest BCUT2D eigenvalue weighted by Gasteiger charge is 2.12. The molecule has 0 N–H and O–H groups in total. The zero-order chi connectivity index (χ0) is 18.8. The molecule has 0 atom stereocenters. The molecule has 0 unspecified atom stereocenters. The third-order valence-electron chi connectivity index (χ3n) is 3.79. The normalized spacial score (nSPS) is 11.8. The molecular formula is C18H16Cl2N2O3S. The number of aromatic nitrogens is 1. The molecule has 0 aliphatic heterocycles. The maximum Gasteiger partial charge on any atom is 0.286 e. The molecule has 0 aliphatic carbocycles. The van der Waals surface area contributed by atoms with Crippen LogP contribution >= 0.6 is 34.5 Å². The van der Waals surface area contributed by atoms with E-state index in [0.717, 1.165) is 21.5 Å². The van der Waals surface area contributed by atoms with Crippen LogP contribution in [0.4, 0.5) is 0 Å². The van der Waals surface area contributed by atoms with Crippen LogP contribution in [0.2, 0.25) is 10.0 Å². The summed E-state index contributed by atoms with van der Waals surface area (Å²) in [6, 6.07) is 8.70. The summed E-state index contributed by atoms with van der Waals surface area (Å²) in [6.07, 6.45) is 0. The third kappa shape index (κ3) is 3.72. The summed E-state index contributed by atoms with van der Waals surface area (Å²) >= 11 is 13.3. The van der Waals surface area contributed by atoms with E-state index >= 15 is 0 Å². The molecule has 0 saturated heterocycles. The summed E-state index contributed by atoms with van der Waals surface area (Å²) < 4.78 is 13.7. The maximum absolute atomic E-state index is 12.2. The van der Waals surface area contributed by atoms with Gasteiger partial charge >= 0.3 is 0 Å². The monoisotopic (exact) mass is 410 g/mol. The van der Waals surface area contributed by atoms with E-state index in [4.69, 9.17) is 32.7 Å². The predicted molar refractivity (Wildman–Crippen MR) is 105 cm³/mol. The number of benzene rings is 2. The number of carbonyl (C=O) groups excluding carboxylic acids is 1. The number of hydrogen-bond acceptors (Lipinski definition) is 4. The first kappa shape index (κ1) is 18.8. The smallest absolute Gasteiger partial charge is 0.286 e. The van der Waals surface area contributed by atoms with Crippen LogP contribution in [0.25, 0.3) is 10.2 Å². The average Bonchev–Trinajstić information content (AvgIpc) is 2.92. The highest BCUT2D eigenvalue weighted by molar-refractivity contribution is 7.16. The molecule has 0 fully saturated rings. The van der Waals surface area contributed by atoms with Crippen molar-refractivity contribution in [1.29, 1.82) is 0 Å². The van der Waals surface area contributed by atoms with Crippen molar-refractivity contribution in [2.24, 2.45) is 12.0 Å². The van der Waals surface area contributed by atoms with Gasteiger partial charge in [0.05, 0.1) is 16.8 Å². The molecule has 1 aromatic heterocycles. The van der Waals surface area contributed by atoms with Crippen molar-refractivity contribution in [3.05, 3.63) is 50.7 Å². The number of fused-ring (bicyclic) bond motifs is 1. The van der Waals surface area contributed by atoms with Crippen molar-refractivity contribution in [3.63, 3.8) is 0 Å². The molecule has 5 nitrogen and oxygen atoms in total. The Balaban J connectivity index is 1.88. The lowest BCUT2D eigenvalue weighted by molar-refractivity contribution is -0.120. The maximum atomic E-state index is 12.2. The number of aryl methyl sites for hydroxylation is 2. The number of rotatable bonds is 4. The summed E-state index contributed by atoms with van der Waals surface area (Å²) in [7, 11) is 3.47. The quantitative estimate of drug-likeness (QED) is 0.641. The summed E-state index contributed by atoms with van der Waals surface area (Å²) in [4.78, 5) is 17.0. The average molecular weight is 411 g/mol. The lowest BCUT2D eigenvalue weighted by atomic mass is 10.2. The van der Waals surface area contributed by atoms with Gasteiger partial charge in [0, 0.05) is 12.1 Å². The van der Waals surface area contributed by atoms with E-state index in [0.29, 0.717) is 20.6 Å². The van der Waals surface area contributed by atoms with Crippen LogP contribution in [-0.4, -0.2) is 24.2 Å². The standard InChI is InChI=1S/C18H16Cl2N2O3S/c1-10-4-6-14(24-3)16-17(10)26-18(22(16)2)21-15(23)9-25-13-7-5-11(19)8-12(13)20/h4-8H,9H2,1-3H3. The SMILES string of the molecule is COc1ccc(C)c2sc(=NC(=O)COc3ccc(Cl)cc3Cl)n(C)c12. The Morgan fingerprint density at radius 1 is 1.23 bits per heavy atom. The van der Waals surface area contributed by atoms with Crippen LogP contribution in [0.1, 0.15) is 5.56 Å². The van der Waals surface area contributed by atoms with Gasteiger partial charge in [0.25, 0.3) is 5.91 Å². The lowest BCUT2D eigenvalue weighted by Gasteiger charge is -2.06. The van der Waals surface area contributed by atoms with Gasteiger partial charge in [-0.2, -0.15) is 4.99 Å². The van der Waals surface area contributed by atoms with Crippen molar-refractivity contribution in [2.45, 2.75) is 6.92 Å². The number of methoxy groups -OCH3 is 1.